The highest BCUT2D eigenvalue weighted by atomic mass is 35.5. The lowest BCUT2D eigenvalue weighted by Gasteiger charge is -2.26. The molecule has 0 saturated heterocycles. The third-order valence-corrected chi connectivity index (χ3v) is 5.84. The second-order valence-electron chi connectivity index (χ2n) is 8.15. The number of fused-ring (bicyclic) bond motifs is 1. The molecule has 0 aliphatic rings. The second kappa shape index (κ2) is 12.4. The van der Waals surface area contributed by atoms with E-state index in [1.165, 1.54) is 0 Å². The van der Waals surface area contributed by atoms with Crippen LogP contribution in [0.4, 0.5) is 0 Å². The van der Waals surface area contributed by atoms with Gasteiger partial charge in [-0.3, -0.25) is 0 Å². The molecule has 3 aromatic rings. The number of aliphatic hydroxyl groups excluding tert-OH is 1. The first kappa shape index (κ1) is 25.6. The Labute approximate surface area is 197 Å². The number of rotatable bonds is 10. The predicted octanol–water partition coefficient (Wildman–Crippen LogP) is 7.22. The number of nitrogens with zero attached hydrogens (tertiary/aromatic N) is 2. The van der Waals surface area contributed by atoms with E-state index in [1.54, 1.807) is 0 Å². The van der Waals surface area contributed by atoms with Gasteiger partial charge in [0.25, 0.3) is 0 Å². The quantitative estimate of drug-likeness (QED) is 0.346. The van der Waals surface area contributed by atoms with Gasteiger partial charge in [0, 0.05) is 22.5 Å². The average Bonchev–Trinajstić information content (AvgIpc) is 2.75. The fraction of sp³-hybridized carbons (Fsp3) is 0.423. The van der Waals surface area contributed by atoms with Crippen molar-refractivity contribution in [2.24, 2.45) is 0 Å². The van der Waals surface area contributed by atoms with E-state index in [-0.39, 0.29) is 12.4 Å². The topological polar surface area (TPSA) is 36.4 Å². The summed E-state index contributed by atoms with van der Waals surface area (Å²) < 4.78 is 0. The number of unbranched alkanes of at least 4 members (excludes halogenated alkanes) is 2. The summed E-state index contributed by atoms with van der Waals surface area (Å²) in [5, 5.41) is 13.0. The molecule has 0 radical (unpaired) electrons. The van der Waals surface area contributed by atoms with Gasteiger partial charge in [0.1, 0.15) is 0 Å². The fourth-order valence-electron chi connectivity index (χ4n) is 3.81. The van der Waals surface area contributed by atoms with Gasteiger partial charge in [0.15, 0.2) is 0 Å². The summed E-state index contributed by atoms with van der Waals surface area (Å²) in [6.07, 6.45) is 4.08. The van der Waals surface area contributed by atoms with E-state index in [1.807, 2.05) is 30.3 Å². The highest BCUT2D eigenvalue weighted by Gasteiger charge is 2.18. The normalized spacial score (nSPS) is 12.2. The summed E-state index contributed by atoms with van der Waals surface area (Å²) in [4.78, 5) is 7.29. The molecule has 1 unspecified atom stereocenters. The molecule has 0 spiro atoms. The molecule has 31 heavy (non-hydrogen) atoms. The summed E-state index contributed by atoms with van der Waals surface area (Å²) >= 11 is 6.07. The number of hydrogen-bond donors (Lipinski definition) is 1. The first-order chi connectivity index (χ1) is 14.5. The molecular formula is C26H34Cl2N2O. The van der Waals surface area contributed by atoms with Crippen LogP contribution in [0.5, 0.6) is 0 Å². The smallest absolute Gasteiger partial charge is 0.0924 e. The minimum atomic E-state index is -0.557. The Morgan fingerprint density at radius 1 is 0.968 bits per heavy atom. The van der Waals surface area contributed by atoms with Gasteiger partial charge >= 0.3 is 0 Å². The van der Waals surface area contributed by atoms with Crippen LogP contribution in [0.1, 0.15) is 56.8 Å². The van der Waals surface area contributed by atoms with Crippen LogP contribution in [0.25, 0.3) is 22.2 Å². The SMILES string of the molecule is CCCCN(CCCC)CC(O)c1cc(-c2ccc(Cl)cc2)nc2cc(C)ccc12.Cl. The molecule has 5 heteroatoms. The summed E-state index contributed by atoms with van der Waals surface area (Å²) in [6.45, 7) is 9.20. The molecule has 0 fully saturated rings. The molecular weight excluding hydrogens is 427 g/mol. The van der Waals surface area contributed by atoms with Gasteiger partial charge < -0.3 is 10.0 Å². The molecule has 0 saturated carbocycles. The van der Waals surface area contributed by atoms with E-state index in [0.29, 0.717) is 11.6 Å². The predicted molar refractivity (Wildman–Crippen MR) is 135 cm³/mol. The number of aromatic nitrogens is 1. The first-order valence-electron chi connectivity index (χ1n) is 11.1. The minimum Gasteiger partial charge on any atom is -0.387 e. The second-order valence-corrected chi connectivity index (χ2v) is 8.58. The van der Waals surface area contributed by atoms with Gasteiger partial charge in [-0.2, -0.15) is 0 Å². The molecule has 0 aliphatic carbocycles. The van der Waals surface area contributed by atoms with Crippen molar-refractivity contribution in [1.82, 2.24) is 9.88 Å². The van der Waals surface area contributed by atoms with Crippen LogP contribution in [0.15, 0.2) is 48.5 Å². The Kier molecular flexibility index (Phi) is 10.2. The van der Waals surface area contributed by atoms with Crippen molar-refractivity contribution in [3.8, 4) is 11.3 Å². The van der Waals surface area contributed by atoms with E-state index in [9.17, 15) is 5.11 Å². The minimum absolute atomic E-state index is 0. The molecule has 3 nitrogen and oxygen atoms in total. The highest BCUT2D eigenvalue weighted by molar-refractivity contribution is 6.30. The zero-order chi connectivity index (χ0) is 21.5. The molecule has 1 aromatic heterocycles. The summed E-state index contributed by atoms with van der Waals surface area (Å²) in [7, 11) is 0. The maximum absolute atomic E-state index is 11.3. The molecule has 0 amide bonds. The van der Waals surface area contributed by atoms with Crippen LogP contribution in [0.2, 0.25) is 5.02 Å². The Balaban J connectivity index is 0.00000341. The van der Waals surface area contributed by atoms with Gasteiger partial charge in [0.05, 0.1) is 17.3 Å². The zero-order valence-corrected chi connectivity index (χ0v) is 20.3. The standard InChI is InChI=1S/C26H33ClN2O.ClH/c1-4-6-14-29(15-7-5-2)18-26(30)23-17-24(20-9-11-21(27)12-10-20)28-25-16-19(3)8-13-22(23)25;/h8-13,16-17,26,30H,4-7,14-15,18H2,1-3H3;1H. The largest absolute Gasteiger partial charge is 0.387 e. The Morgan fingerprint density at radius 3 is 2.23 bits per heavy atom. The van der Waals surface area contributed by atoms with Crippen molar-refractivity contribution >= 4 is 34.9 Å². The van der Waals surface area contributed by atoms with Crippen molar-refractivity contribution in [2.45, 2.75) is 52.6 Å². The lowest BCUT2D eigenvalue weighted by molar-refractivity contribution is 0.112. The Hall–Kier alpha value is -1.65. The van der Waals surface area contributed by atoms with Gasteiger partial charge in [-0.25, -0.2) is 4.98 Å². The highest BCUT2D eigenvalue weighted by Crippen LogP contribution is 2.30. The fourth-order valence-corrected chi connectivity index (χ4v) is 3.94. The van der Waals surface area contributed by atoms with Crippen molar-refractivity contribution in [3.05, 3.63) is 64.7 Å². The van der Waals surface area contributed by atoms with Crippen LogP contribution >= 0.6 is 24.0 Å². The molecule has 168 valence electrons. The van der Waals surface area contributed by atoms with E-state index < -0.39 is 6.10 Å². The van der Waals surface area contributed by atoms with E-state index in [0.717, 1.165) is 72.1 Å². The maximum atomic E-state index is 11.3. The summed E-state index contributed by atoms with van der Waals surface area (Å²) in [5.74, 6) is 0. The third kappa shape index (κ3) is 6.92. The number of hydrogen-bond acceptors (Lipinski definition) is 3. The van der Waals surface area contributed by atoms with Gasteiger partial charge in [-0.1, -0.05) is 62.6 Å². The zero-order valence-electron chi connectivity index (χ0n) is 18.8. The van der Waals surface area contributed by atoms with Gasteiger partial charge in [-0.05, 0) is 68.2 Å². The molecule has 1 N–H and O–H groups in total. The molecule has 1 heterocycles. The molecule has 2 aromatic carbocycles. The summed E-state index contributed by atoms with van der Waals surface area (Å²) in [6, 6.07) is 16.0. The monoisotopic (exact) mass is 460 g/mol. The lowest BCUT2D eigenvalue weighted by Crippen LogP contribution is -2.31. The maximum Gasteiger partial charge on any atom is 0.0924 e. The van der Waals surface area contributed by atoms with Gasteiger partial charge in [-0.15, -0.1) is 12.4 Å². The van der Waals surface area contributed by atoms with E-state index in [2.05, 4.69) is 43.9 Å². The number of benzene rings is 2. The van der Waals surface area contributed by atoms with Crippen molar-refractivity contribution in [2.75, 3.05) is 19.6 Å². The number of aryl methyl sites for hydroxylation is 1. The number of halogens is 2. The van der Waals surface area contributed by atoms with Crippen LogP contribution in [0.3, 0.4) is 0 Å². The van der Waals surface area contributed by atoms with Crippen molar-refractivity contribution < 1.29 is 5.11 Å². The average molecular weight is 461 g/mol. The third-order valence-electron chi connectivity index (χ3n) is 5.58. The van der Waals surface area contributed by atoms with E-state index >= 15 is 0 Å². The number of aliphatic hydroxyl groups is 1. The van der Waals surface area contributed by atoms with Crippen LogP contribution in [-0.2, 0) is 0 Å². The molecule has 0 aliphatic heterocycles. The number of pyridine rings is 1. The van der Waals surface area contributed by atoms with Crippen LogP contribution < -0.4 is 0 Å². The van der Waals surface area contributed by atoms with Crippen LogP contribution in [-0.4, -0.2) is 34.6 Å². The first-order valence-corrected chi connectivity index (χ1v) is 11.5. The lowest BCUT2D eigenvalue weighted by atomic mass is 9.98. The Morgan fingerprint density at radius 2 is 1.61 bits per heavy atom. The summed E-state index contributed by atoms with van der Waals surface area (Å²) in [5.41, 5.74) is 4.90. The van der Waals surface area contributed by atoms with Crippen LogP contribution in [0, 0.1) is 6.92 Å². The molecule has 0 bridgehead atoms. The Bertz CT molecular complexity index is 952. The van der Waals surface area contributed by atoms with Crippen molar-refractivity contribution in [1.29, 1.82) is 0 Å². The molecule has 3 rings (SSSR count). The van der Waals surface area contributed by atoms with Gasteiger partial charge in [0.2, 0.25) is 0 Å². The van der Waals surface area contributed by atoms with E-state index in [4.69, 9.17) is 16.6 Å². The molecule has 1 atom stereocenters. The van der Waals surface area contributed by atoms with Crippen molar-refractivity contribution in [3.63, 3.8) is 0 Å².